The van der Waals surface area contributed by atoms with Crippen LogP contribution in [-0.4, -0.2) is 5.78 Å². The van der Waals surface area contributed by atoms with E-state index in [0.29, 0.717) is 34.4 Å². The monoisotopic (exact) mass is 396 g/mol. The van der Waals surface area contributed by atoms with E-state index < -0.39 is 0 Å². The number of allylic oxidation sites excluding steroid dienone is 2. The molecule has 162 valence electrons. The van der Waals surface area contributed by atoms with Gasteiger partial charge in [0.05, 0.1) is 0 Å². The molecule has 1 nitrogen and oxygen atoms in total. The van der Waals surface area contributed by atoms with Crippen LogP contribution in [0.3, 0.4) is 0 Å². The van der Waals surface area contributed by atoms with Gasteiger partial charge in [-0.1, -0.05) is 53.7 Å². The van der Waals surface area contributed by atoms with Crippen molar-refractivity contribution in [2.75, 3.05) is 0 Å². The summed E-state index contributed by atoms with van der Waals surface area (Å²) >= 11 is 0. The van der Waals surface area contributed by atoms with Crippen molar-refractivity contribution >= 4 is 5.78 Å². The van der Waals surface area contributed by atoms with Crippen molar-refractivity contribution in [1.82, 2.24) is 0 Å². The molecule has 5 saturated carbocycles. The van der Waals surface area contributed by atoms with Crippen LogP contribution in [0, 0.1) is 63.6 Å². The van der Waals surface area contributed by atoms with Crippen molar-refractivity contribution < 1.29 is 4.79 Å². The minimum absolute atomic E-state index is 0.142. The lowest BCUT2D eigenvalue weighted by molar-refractivity contribution is -0.151. The van der Waals surface area contributed by atoms with Crippen molar-refractivity contribution in [3.63, 3.8) is 0 Å². The van der Waals surface area contributed by atoms with Crippen LogP contribution < -0.4 is 0 Å². The van der Waals surface area contributed by atoms with E-state index in [1.54, 1.807) is 0 Å². The van der Waals surface area contributed by atoms with Crippen LogP contribution >= 0.6 is 0 Å². The molecule has 10 atom stereocenters. The first-order valence-corrected chi connectivity index (χ1v) is 12.9. The molecule has 5 rings (SSSR count). The summed E-state index contributed by atoms with van der Waals surface area (Å²) in [5, 5.41) is 0. The van der Waals surface area contributed by atoms with Gasteiger partial charge >= 0.3 is 0 Å². The molecule has 0 saturated heterocycles. The van der Waals surface area contributed by atoms with Crippen LogP contribution in [-0.2, 0) is 4.79 Å². The first-order valence-electron chi connectivity index (χ1n) is 12.9. The summed E-state index contributed by atoms with van der Waals surface area (Å²) in [6, 6.07) is 0. The van der Waals surface area contributed by atoms with Gasteiger partial charge < -0.3 is 0 Å². The van der Waals surface area contributed by atoms with Gasteiger partial charge in [0, 0.05) is 11.8 Å². The summed E-state index contributed by atoms with van der Waals surface area (Å²) in [6.45, 7) is 14.6. The molecule has 0 unspecified atom stereocenters. The highest BCUT2D eigenvalue weighted by Crippen LogP contribution is 2.80. The van der Waals surface area contributed by atoms with Gasteiger partial charge in [-0.3, -0.25) is 4.79 Å². The van der Waals surface area contributed by atoms with E-state index in [9.17, 15) is 4.79 Å². The van der Waals surface area contributed by atoms with Gasteiger partial charge in [0.2, 0.25) is 0 Å². The van der Waals surface area contributed by atoms with Crippen molar-refractivity contribution in [1.29, 1.82) is 0 Å². The molecular weight excluding hydrogens is 352 g/mol. The number of hydrogen-bond acceptors (Lipinski definition) is 1. The Morgan fingerprint density at radius 2 is 1.69 bits per heavy atom. The predicted molar refractivity (Wildman–Crippen MR) is 120 cm³/mol. The molecule has 0 aromatic heterocycles. The fourth-order valence-electron chi connectivity index (χ4n) is 9.62. The Balaban J connectivity index is 1.38. The molecule has 1 spiro atoms. The van der Waals surface area contributed by atoms with E-state index in [-0.39, 0.29) is 5.41 Å². The lowest BCUT2D eigenvalue weighted by atomic mass is 9.45. The first-order chi connectivity index (χ1) is 13.6. The van der Waals surface area contributed by atoms with Crippen LogP contribution in [0.2, 0.25) is 0 Å². The molecule has 0 amide bonds. The molecule has 0 aromatic carbocycles. The summed E-state index contributed by atoms with van der Waals surface area (Å²) in [5.41, 5.74) is 0.937. The largest absolute Gasteiger partial charge is 0.299 e. The Bertz CT molecular complexity index is 720. The molecule has 5 fully saturated rings. The normalized spacial score (nSPS) is 52.8. The van der Waals surface area contributed by atoms with E-state index in [2.05, 4.69) is 53.7 Å². The van der Waals surface area contributed by atoms with Gasteiger partial charge in [0.25, 0.3) is 0 Å². The summed E-state index contributed by atoms with van der Waals surface area (Å²) in [5.74, 6) is 6.63. The smallest absolute Gasteiger partial charge is 0.140 e. The molecule has 0 radical (unpaired) electrons. The Morgan fingerprint density at radius 1 is 0.931 bits per heavy atom. The lowest BCUT2D eigenvalue weighted by Gasteiger charge is -2.58. The third-order valence-electron chi connectivity index (χ3n) is 11.8. The topological polar surface area (TPSA) is 17.1 Å². The van der Waals surface area contributed by atoms with E-state index in [4.69, 9.17) is 0 Å². The van der Waals surface area contributed by atoms with Crippen molar-refractivity contribution in [3.05, 3.63) is 12.2 Å². The van der Waals surface area contributed by atoms with Gasteiger partial charge in [-0.05, 0) is 103 Å². The summed E-state index contributed by atoms with van der Waals surface area (Å²) in [6.07, 6.45) is 15.4. The Hall–Kier alpha value is -0.590. The van der Waals surface area contributed by atoms with E-state index >= 15 is 0 Å². The molecule has 5 aliphatic carbocycles. The summed E-state index contributed by atoms with van der Waals surface area (Å²) in [4.78, 5) is 13.4. The van der Waals surface area contributed by atoms with Crippen LogP contribution in [0.4, 0.5) is 0 Å². The molecule has 0 N–H and O–H groups in total. The molecule has 5 aliphatic rings. The highest BCUT2D eigenvalue weighted by Gasteiger charge is 2.77. The number of rotatable bonds is 4. The zero-order chi connectivity index (χ0) is 20.8. The second-order valence-electron chi connectivity index (χ2n) is 12.9. The van der Waals surface area contributed by atoms with Gasteiger partial charge in [0.1, 0.15) is 5.78 Å². The zero-order valence-corrected chi connectivity index (χ0v) is 19.8. The molecule has 0 aliphatic heterocycles. The fraction of sp³-hybridized carbons (Fsp3) is 0.893. The number of fused-ring (bicyclic) bond motifs is 4. The summed E-state index contributed by atoms with van der Waals surface area (Å²) in [7, 11) is 0. The van der Waals surface area contributed by atoms with Gasteiger partial charge in [-0.25, -0.2) is 0 Å². The average molecular weight is 397 g/mol. The average Bonchev–Trinajstić information content (AvgIpc) is 3.20. The standard InChI is InChI=1S/C28H44O/c1-17(2)18(3)7-8-19(4)22-9-10-23-21-15-25(29)28-16-20(28)11-14-27(28,6)24(21)12-13-26(22,23)5/h7-8,17-24H,9-16H2,1-6H3/t18-,19+,20+,21-,22+,23-,24-,26+,27+,28-/m0/s1. The molecule has 29 heavy (non-hydrogen) atoms. The Kier molecular flexibility index (Phi) is 4.53. The van der Waals surface area contributed by atoms with Gasteiger partial charge in [0.15, 0.2) is 0 Å². The third-order valence-corrected chi connectivity index (χ3v) is 11.8. The lowest BCUT2D eigenvalue weighted by Crippen LogP contribution is -2.55. The Morgan fingerprint density at radius 3 is 2.38 bits per heavy atom. The maximum absolute atomic E-state index is 13.4. The van der Waals surface area contributed by atoms with Crippen LogP contribution in [0.15, 0.2) is 12.2 Å². The van der Waals surface area contributed by atoms with Crippen molar-refractivity contribution in [3.8, 4) is 0 Å². The quantitative estimate of drug-likeness (QED) is 0.455. The molecule has 0 heterocycles. The minimum atomic E-state index is 0.142. The molecule has 1 heteroatoms. The highest BCUT2D eigenvalue weighted by molar-refractivity contribution is 5.91. The van der Waals surface area contributed by atoms with Crippen LogP contribution in [0.1, 0.15) is 92.9 Å². The van der Waals surface area contributed by atoms with Crippen LogP contribution in [0.5, 0.6) is 0 Å². The van der Waals surface area contributed by atoms with E-state index in [1.165, 1.54) is 44.9 Å². The zero-order valence-electron chi connectivity index (χ0n) is 19.8. The van der Waals surface area contributed by atoms with Gasteiger partial charge in [-0.2, -0.15) is 0 Å². The molecule has 0 bridgehead atoms. The first kappa shape index (κ1) is 20.3. The highest BCUT2D eigenvalue weighted by atomic mass is 16.1. The van der Waals surface area contributed by atoms with E-state index in [0.717, 1.165) is 36.0 Å². The number of ketones is 1. The number of carbonyl (C=O) groups excluding carboxylic acids is 1. The maximum atomic E-state index is 13.4. The van der Waals surface area contributed by atoms with Crippen molar-refractivity contribution in [2.45, 2.75) is 92.9 Å². The SMILES string of the molecule is CC(C)[C@@H](C)C=C[C@@H](C)[C@H]1CC[C@H]2[C@@H]3CC(=O)[C@]45C[C@H]4CC[C@]5(C)[C@H]3CC[C@]12C. The van der Waals surface area contributed by atoms with Gasteiger partial charge in [-0.15, -0.1) is 0 Å². The molecular formula is C28H44O. The number of Topliss-reactive ketones (excluding diaryl/α,β-unsaturated/α-hetero) is 1. The number of carbonyl (C=O) groups is 1. The minimum Gasteiger partial charge on any atom is -0.299 e. The van der Waals surface area contributed by atoms with Crippen molar-refractivity contribution in [2.24, 2.45) is 63.6 Å². The molecule has 0 aromatic rings. The number of hydrogen-bond donors (Lipinski definition) is 0. The van der Waals surface area contributed by atoms with Crippen LogP contribution in [0.25, 0.3) is 0 Å². The summed E-state index contributed by atoms with van der Waals surface area (Å²) < 4.78 is 0. The second-order valence-corrected chi connectivity index (χ2v) is 12.9. The van der Waals surface area contributed by atoms with E-state index in [1.807, 2.05) is 0 Å². The maximum Gasteiger partial charge on any atom is 0.140 e. The third kappa shape index (κ3) is 2.54. The fourth-order valence-corrected chi connectivity index (χ4v) is 9.62. The Labute approximate surface area is 179 Å². The second kappa shape index (κ2) is 6.46. The predicted octanol–water partition coefficient (Wildman–Crippen LogP) is 7.31.